The zero-order valence-electron chi connectivity index (χ0n) is 9.74. The number of nitriles is 1. The van der Waals surface area contributed by atoms with Crippen LogP contribution in [0.5, 0.6) is 5.75 Å². The molecule has 0 heterocycles. The Labute approximate surface area is 110 Å². The van der Waals surface area contributed by atoms with E-state index in [1.165, 1.54) is 48.5 Å². The smallest absolute Gasteiger partial charge is 0.261 e. The quantitative estimate of drug-likeness (QED) is 0.896. The van der Waals surface area contributed by atoms with Gasteiger partial charge in [-0.2, -0.15) is 5.26 Å². The van der Waals surface area contributed by atoms with Gasteiger partial charge < -0.3 is 5.11 Å². The van der Waals surface area contributed by atoms with Gasteiger partial charge in [0, 0.05) is 6.07 Å². The molecule has 5 nitrogen and oxygen atoms in total. The molecule has 0 unspecified atom stereocenters. The van der Waals surface area contributed by atoms with Gasteiger partial charge in [0.05, 0.1) is 22.2 Å². The normalized spacial score (nSPS) is 10.7. The van der Waals surface area contributed by atoms with E-state index in [0.717, 1.165) is 0 Å². The molecule has 0 aliphatic rings. The molecule has 19 heavy (non-hydrogen) atoms. The molecule has 2 aromatic carbocycles. The monoisotopic (exact) mass is 274 g/mol. The Balaban J connectivity index is 2.35. The van der Waals surface area contributed by atoms with E-state index in [4.69, 9.17) is 5.26 Å². The zero-order valence-corrected chi connectivity index (χ0v) is 10.6. The highest BCUT2D eigenvalue weighted by Crippen LogP contribution is 2.20. The number of nitrogens with one attached hydrogen (secondary N) is 1. The molecule has 0 saturated heterocycles. The second kappa shape index (κ2) is 5.00. The van der Waals surface area contributed by atoms with Crippen LogP contribution in [0.2, 0.25) is 0 Å². The van der Waals surface area contributed by atoms with E-state index >= 15 is 0 Å². The molecule has 0 amide bonds. The lowest BCUT2D eigenvalue weighted by Crippen LogP contribution is -2.12. The lowest BCUT2D eigenvalue weighted by molar-refractivity contribution is 0.475. The van der Waals surface area contributed by atoms with Crippen LogP contribution in [0.1, 0.15) is 5.56 Å². The van der Waals surface area contributed by atoms with Crippen LogP contribution in [-0.2, 0) is 10.0 Å². The van der Waals surface area contributed by atoms with Crippen LogP contribution in [0, 0.1) is 11.3 Å². The number of hydrogen-bond donors (Lipinski definition) is 2. The number of hydrogen-bond acceptors (Lipinski definition) is 4. The Morgan fingerprint density at radius 1 is 1.11 bits per heavy atom. The third-order valence-corrected chi connectivity index (χ3v) is 3.75. The van der Waals surface area contributed by atoms with Crippen molar-refractivity contribution in [2.45, 2.75) is 4.90 Å². The van der Waals surface area contributed by atoms with Crippen molar-refractivity contribution in [3.05, 3.63) is 54.1 Å². The number of nitrogens with zero attached hydrogens (tertiary/aromatic N) is 1. The minimum Gasteiger partial charge on any atom is -0.508 e. The average molecular weight is 274 g/mol. The summed E-state index contributed by atoms with van der Waals surface area (Å²) in [6.45, 7) is 0. The first-order valence-electron chi connectivity index (χ1n) is 5.33. The summed E-state index contributed by atoms with van der Waals surface area (Å²) in [5.41, 5.74) is 0.515. The molecule has 0 saturated carbocycles. The van der Waals surface area contributed by atoms with Gasteiger partial charge in [-0.3, -0.25) is 4.72 Å². The molecule has 0 aromatic heterocycles. The maximum absolute atomic E-state index is 12.1. The molecule has 0 aliphatic heterocycles. The molecule has 0 bridgehead atoms. The maximum atomic E-state index is 12.1. The topological polar surface area (TPSA) is 90.2 Å². The molecule has 0 fully saturated rings. The maximum Gasteiger partial charge on any atom is 0.261 e. The average Bonchev–Trinajstić information content (AvgIpc) is 2.38. The minimum atomic E-state index is -3.77. The molecule has 0 radical (unpaired) electrons. The van der Waals surface area contributed by atoms with E-state index in [0.29, 0.717) is 0 Å². The predicted molar refractivity (Wildman–Crippen MR) is 70.1 cm³/mol. The Morgan fingerprint density at radius 3 is 2.53 bits per heavy atom. The first-order chi connectivity index (χ1) is 9.01. The number of phenolic OH excluding ortho intramolecular Hbond substituents is 1. The van der Waals surface area contributed by atoms with Crippen molar-refractivity contribution < 1.29 is 13.5 Å². The van der Waals surface area contributed by atoms with E-state index in [1.807, 2.05) is 6.07 Å². The molecular formula is C13H10N2O3S. The SMILES string of the molecule is N#Cc1cccc(S(=O)(=O)Nc2cccc(O)c2)c1. The third kappa shape index (κ3) is 3.03. The van der Waals surface area contributed by atoms with Crippen molar-refractivity contribution in [3.63, 3.8) is 0 Å². The minimum absolute atomic E-state index is 0.00473. The number of anilines is 1. The summed E-state index contributed by atoms with van der Waals surface area (Å²) in [5, 5.41) is 18.0. The van der Waals surface area contributed by atoms with Gasteiger partial charge in [0.1, 0.15) is 5.75 Å². The van der Waals surface area contributed by atoms with Gasteiger partial charge in [0.2, 0.25) is 0 Å². The Bertz CT molecular complexity index is 748. The molecule has 96 valence electrons. The number of rotatable bonds is 3. The summed E-state index contributed by atoms with van der Waals surface area (Å²) in [6.07, 6.45) is 0. The molecule has 0 atom stereocenters. The fourth-order valence-corrected chi connectivity index (χ4v) is 2.61. The van der Waals surface area contributed by atoms with Crippen LogP contribution >= 0.6 is 0 Å². The van der Waals surface area contributed by atoms with Crippen molar-refractivity contribution >= 4 is 15.7 Å². The van der Waals surface area contributed by atoms with E-state index in [-0.39, 0.29) is 21.9 Å². The van der Waals surface area contributed by atoms with Gasteiger partial charge in [-0.05, 0) is 30.3 Å². The Morgan fingerprint density at radius 2 is 1.84 bits per heavy atom. The van der Waals surface area contributed by atoms with Crippen LogP contribution in [-0.4, -0.2) is 13.5 Å². The van der Waals surface area contributed by atoms with Crippen molar-refractivity contribution in [3.8, 4) is 11.8 Å². The summed E-state index contributed by atoms with van der Waals surface area (Å²) in [6, 6.07) is 13.4. The number of benzene rings is 2. The van der Waals surface area contributed by atoms with E-state index < -0.39 is 10.0 Å². The van der Waals surface area contributed by atoms with Crippen molar-refractivity contribution in [1.29, 1.82) is 5.26 Å². The van der Waals surface area contributed by atoms with Gasteiger partial charge in [-0.25, -0.2) is 8.42 Å². The largest absolute Gasteiger partial charge is 0.508 e. The lowest BCUT2D eigenvalue weighted by Gasteiger charge is -2.08. The number of sulfonamides is 1. The van der Waals surface area contributed by atoms with Crippen LogP contribution in [0.3, 0.4) is 0 Å². The zero-order chi connectivity index (χ0) is 13.9. The fourth-order valence-electron chi connectivity index (χ4n) is 1.52. The Kier molecular flexibility index (Phi) is 3.40. The second-order valence-electron chi connectivity index (χ2n) is 3.80. The van der Waals surface area contributed by atoms with E-state index in [2.05, 4.69) is 4.72 Å². The molecular weight excluding hydrogens is 264 g/mol. The van der Waals surface area contributed by atoms with Gasteiger partial charge in [-0.1, -0.05) is 12.1 Å². The van der Waals surface area contributed by atoms with Gasteiger partial charge in [0.25, 0.3) is 10.0 Å². The highest BCUT2D eigenvalue weighted by atomic mass is 32.2. The fraction of sp³-hybridized carbons (Fsp3) is 0. The van der Waals surface area contributed by atoms with Crippen molar-refractivity contribution in [2.24, 2.45) is 0 Å². The first kappa shape index (κ1) is 12.9. The highest BCUT2D eigenvalue weighted by molar-refractivity contribution is 7.92. The van der Waals surface area contributed by atoms with Crippen LogP contribution in [0.15, 0.2) is 53.4 Å². The molecule has 6 heteroatoms. The molecule has 0 aliphatic carbocycles. The summed E-state index contributed by atoms with van der Waals surface area (Å²) in [5.74, 6) is -0.0361. The molecule has 2 rings (SSSR count). The van der Waals surface area contributed by atoms with Crippen LogP contribution in [0.25, 0.3) is 0 Å². The third-order valence-electron chi connectivity index (χ3n) is 2.37. The summed E-state index contributed by atoms with van der Waals surface area (Å²) in [4.78, 5) is -0.00473. The number of phenols is 1. The predicted octanol–water partition coefficient (Wildman–Crippen LogP) is 2.06. The number of aromatic hydroxyl groups is 1. The summed E-state index contributed by atoms with van der Waals surface area (Å²) in [7, 11) is -3.77. The van der Waals surface area contributed by atoms with Crippen molar-refractivity contribution in [2.75, 3.05) is 4.72 Å². The summed E-state index contributed by atoms with van der Waals surface area (Å²) >= 11 is 0. The van der Waals surface area contributed by atoms with Gasteiger partial charge in [-0.15, -0.1) is 0 Å². The molecule has 2 aromatic rings. The second-order valence-corrected chi connectivity index (χ2v) is 5.48. The Hall–Kier alpha value is -2.52. The highest BCUT2D eigenvalue weighted by Gasteiger charge is 2.14. The van der Waals surface area contributed by atoms with Gasteiger partial charge in [0.15, 0.2) is 0 Å². The summed E-state index contributed by atoms with van der Waals surface area (Å²) < 4.78 is 26.5. The van der Waals surface area contributed by atoms with Gasteiger partial charge >= 0.3 is 0 Å². The van der Waals surface area contributed by atoms with E-state index in [1.54, 1.807) is 0 Å². The van der Waals surface area contributed by atoms with Crippen LogP contribution < -0.4 is 4.72 Å². The lowest BCUT2D eigenvalue weighted by atomic mass is 10.2. The van der Waals surface area contributed by atoms with E-state index in [9.17, 15) is 13.5 Å². The van der Waals surface area contributed by atoms with Crippen LogP contribution in [0.4, 0.5) is 5.69 Å². The molecule has 0 spiro atoms. The molecule has 2 N–H and O–H groups in total. The standard InChI is InChI=1S/C13H10N2O3S/c14-9-10-3-1-6-13(7-10)19(17,18)15-11-4-2-5-12(16)8-11/h1-8,15-16H. The first-order valence-corrected chi connectivity index (χ1v) is 6.81. The van der Waals surface area contributed by atoms with Crippen molar-refractivity contribution in [1.82, 2.24) is 0 Å².